The van der Waals surface area contributed by atoms with Crippen molar-refractivity contribution >= 4 is 23.7 Å². The largest absolute Gasteiger partial charge is 0.492 e. The van der Waals surface area contributed by atoms with E-state index in [1.165, 1.54) is 10.6 Å². The summed E-state index contributed by atoms with van der Waals surface area (Å²) in [6.07, 6.45) is 0. The first-order valence-corrected chi connectivity index (χ1v) is 4.06. The van der Waals surface area contributed by atoms with Crippen molar-refractivity contribution in [3.8, 4) is 0 Å². The summed E-state index contributed by atoms with van der Waals surface area (Å²) in [5.74, 6) is -0.520. The third-order valence-electron chi connectivity index (χ3n) is 2.13. The number of hydrogen-bond donors (Lipinski definition) is 2. The molecular weight excluding hydrogens is 185 g/mol. The molecule has 0 atom stereocenters. The van der Waals surface area contributed by atoms with Crippen LogP contribution < -0.4 is 11.2 Å². The van der Waals surface area contributed by atoms with Crippen molar-refractivity contribution < 1.29 is 14.5 Å². The van der Waals surface area contributed by atoms with Crippen molar-refractivity contribution in [1.82, 2.24) is 4.57 Å². The van der Waals surface area contributed by atoms with Crippen molar-refractivity contribution in [2.75, 3.05) is 0 Å². The highest BCUT2D eigenvalue weighted by Gasteiger charge is 2.18. The zero-order valence-electron chi connectivity index (χ0n) is 7.47. The second kappa shape index (κ2) is 3.00. The summed E-state index contributed by atoms with van der Waals surface area (Å²) in [6.45, 7) is 0. The summed E-state index contributed by atoms with van der Waals surface area (Å²) in [5.41, 5.74) is 0.954. The van der Waals surface area contributed by atoms with Crippen LogP contribution in [-0.2, 0) is 7.05 Å². The van der Waals surface area contributed by atoms with Gasteiger partial charge in [0.2, 0.25) is 0 Å². The molecule has 14 heavy (non-hydrogen) atoms. The summed E-state index contributed by atoms with van der Waals surface area (Å²) >= 11 is 0. The van der Waals surface area contributed by atoms with Crippen LogP contribution in [0.1, 0.15) is 0 Å². The summed E-state index contributed by atoms with van der Waals surface area (Å²) in [6, 6.07) is 4.80. The molecular formula is C8H8BNO4. The Balaban J connectivity index is 2.88. The highest BCUT2D eigenvalue weighted by Crippen LogP contribution is 2.08. The normalized spacial score (nSPS) is 10.8. The zero-order valence-corrected chi connectivity index (χ0v) is 7.47. The molecule has 6 heteroatoms. The second-order valence-electron chi connectivity index (χ2n) is 3.00. The van der Waals surface area contributed by atoms with Gasteiger partial charge in [0.25, 0.3) is 0 Å². The first-order valence-electron chi connectivity index (χ1n) is 4.06. The lowest BCUT2D eigenvalue weighted by atomic mass is 9.80. The molecule has 1 aromatic carbocycles. The quantitative estimate of drug-likeness (QED) is 0.558. The molecule has 0 radical (unpaired) electrons. The number of para-hydroxylation sites is 1. The fourth-order valence-corrected chi connectivity index (χ4v) is 1.37. The van der Waals surface area contributed by atoms with Crippen LogP contribution in [0.5, 0.6) is 0 Å². The molecule has 72 valence electrons. The molecule has 1 heterocycles. The summed E-state index contributed by atoms with van der Waals surface area (Å²) in [4.78, 5) is 11.1. The summed E-state index contributed by atoms with van der Waals surface area (Å²) in [5, 5.41) is 18.0. The number of fused-ring (bicyclic) bond motifs is 1. The predicted molar refractivity (Wildman–Crippen MR) is 51.3 cm³/mol. The van der Waals surface area contributed by atoms with E-state index in [2.05, 4.69) is 0 Å². The van der Waals surface area contributed by atoms with Gasteiger partial charge < -0.3 is 14.5 Å². The molecule has 0 saturated carbocycles. The molecule has 0 aliphatic carbocycles. The Hall–Kier alpha value is -1.53. The van der Waals surface area contributed by atoms with Gasteiger partial charge in [-0.15, -0.1) is 0 Å². The Morgan fingerprint density at radius 3 is 2.79 bits per heavy atom. The molecule has 0 fully saturated rings. The van der Waals surface area contributed by atoms with Crippen molar-refractivity contribution in [3.05, 3.63) is 28.7 Å². The van der Waals surface area contributed by atoms with Crippen molar-refractivity contribution in [1.29, 1.82) is 0 Å². The Morgan fingerprint density at radius 2 is 2.14 bits per heavy atom. The molecule has 0 spiro atoms. The monoisotopic (exact) mass is 193 g/mol. The van der Waals surface area contributed by atoms with Gasteiger partial charge in [-0.1, -0.05) is 12.1 Å². The second-order valence-corrected chi connectivity index (χ2v) is 3.00. The van der Waals surface area contributed by atoms with Crippen LogP contribution in [0.15, 0.2) is 27.4 Å². The molecule has 0 unspecified atom stereocenters. The van der Waals surface area contributed by atoms with Crippen LogP contribution in [0, 0.1) is 0 Å². The number of aromatic nitrogens is 1. The maximum atomic E-state index is 11.1. The van der Waals surface area contributed by atoms with Gasteiger partial charge in [0.15, 0.2) is 5.58 Å². The molecule has 2 rings (SSSR count). The maximum absolute atomic E-state index is 11.1. The van der Waals surface area contributed by atoms with Gasteiger partial charge in [0.1, 0.15) is 0 Å². The Labute approximate surface area is 79.3 Å². The minimum atomic E-state index is -1.63. The lowest BCUT2D eigenvalue weighted by molar-refractivity contribution is 0.425. The molecule has 2 aromatic rings. The number of benzene rings is 1. The van der Waals surface area contributed by atoms with Gasteiger partial charge in [-0.05, 0) is 6.07 Å². The average molecular weight is 193 g/mol. The highest BCUT2D eigenvalue weighted by atomic mass is 16.4. The van der Waals surface area contributed by atoms with Gasteiger partial charge in [-0.3, -0.25) is 4.57 Å². The van der Waals surface area contributed by atoms with E-state index < -0.39 is 12.9 Å². The molecule has 0 bridgehead atoms. The zero-order chi connectivity index (χ0) is 10.3. The van der Waals surface area contributed by atoms with Gasteiger partial charge in [0.05, 0.1) is 5.52 Å². The van der Waals surface area contributed by atoms with Crippen molar-refractivity contribution in [2.24, 2.45) is 7.05 Å². The van der Waals surface area contributed by atoms with Crippen LogP contribution >= 0.6 is 0 Å². The number of rotatable bonds is 1. The number of nitrogens with zero attached hydrogens (tertiary/aromatic N) is 1. The van der Waals surface area contributed by atoms with E-state index in [-0.39, 0.29) is 11.0 Å². The van der Waals surface area contributed by atoms with Gasteiger partial charge in [-0.25, -0.2) is 4.79 Å². The number of aryl methyl sites for hydroxylation is 1. The Kier molecular flexibility index (Phi) is 1.94. The lowest BCUT2D eigenvalue weighted by Crippen LogP contribution is -2.30. The first kappa shape index (κ1) is 9.05. The minimum Gasteiger partial charge on any atom is -0.423 e. The topological polar surface area (TPSA) is 75.6 Å². The van der Waals surface area contributed by atoms with Gasteiger partial charge in [0, 0.05) is 12.5 Å². The molecule has 1 aromatic heterocycles. The summed E-state index contributed by atoms with van der Waals surface area (Å²) < 4.78 is 6.19. The third kappa shape index (κ3) is 1.16. The Bertz CT molecular complexity index is 528. The third-order valence-corrected chi connectivity index (χ3v) is 2.13. The van der Waals surface area contributed by atoms with Crippen LogP contribution in [-0.4, -0.2) is 21.7 Å². The fraction of sp³-hybridized carbons (Fsp3) is 0.125. The van der Waals surface area contributed by atoms with E-state index in [0.29, 0.717) is 5.52 Å². The van der Waals surface area contributed by atoms with Gasteiger partial charge in [-0.2, -0.15) is 0 Å². The highest BCUT2D eigenvalue weighted by molar-refractivity contribution is 6.61. The standard InChI is InChI=1S/C8H8BNO4/c1-10-6-4-2-3-5(9(12)13)7(6)14-8(10)11/h2-4,12-13H,1H3. The smallest absolute Gasteiger partial charge is 0.423 e. The van der Waals surface area contributed by atoms with Crippen molar-refractivity contribution in [3.63, 3.8) is 0 Å². The van der Waals surface area contributed by atoms with Crippen LogP contribution in [0.3, 0.4) is 0 Å². The molecule has 0 aliphatic heterocycles. The molecule has 0 aliphatic rings. The lowest BCUT2D eigenvalue weighted by Gasteiger charge is -1.98. The summed E-state index contributed by atoms with van der Waals surface area (Å²) in [7, 11) is -0.0777. The number of hydrogen-bond acceptors (Lipinski definition) is 4. The molecule has 2 N–H and O–H groups in total. The fourth-order valence-electron chi connectivity index (χ4n) is 1.37. The van der Waals surface area contributed by atoms with Gasteiger partial charge >= 0.3 is 12.9 Å². The van der Waals surface area contributed by atoms with E-state index in [1.54, 1.807) is 19.2 Å². The van der Waals surface area contributed by atoms with E-state index in [0.717, 1.165) is 0 Å². The van der Waals surface area contributed by atoms with Crippen LogP contribution in [0.2, 0.25) is 0 Å². The average Bonchev–Trinajstić information content (AvgIpc) is 2.43. The first-order chi connectivity index (χ1) is 6.61. The van der Waals surface area contributed by atoms with E-state index in [4.69, 9.17) is 14.5 Å². The van der Waals surface area contributed by atoms with E-state index in [9.17, 15) is 4.79 Å². The molecule has 0 saturated heterocycles. The van der Waals surface area contributed by atoms with Crippen LogP contribution in [0.4, 0.5) is 0 Å². The Morgan fingerprint density at radius 1 is 1.43 bits per heavy atom. The molecule has 0 amide bonds. The van der Waals surface area contributed by atoms with Crippen molar-refractivity contribution in [2.45, 2.75) is 0 Å². The SMILES string of the molecule is Cn1c(=O)oc2c(B(O)O)cccc21. The predicted octanol–water partition coefficient (Wildman–Crippen LogP) is -1.19. The van der Waals surface area contributed by atoms with E-state index in [1.807, 2.05) is 0 Å². The van der Waals surface area contributed by atoms with Crippen LogP contribution in [0.25, 0.3) is 11.1 Å². The maximum Gasteiger partial charge on any atom is 0.492 e. The number of oxazole rings is 1. The molecule has 5 nitrogen and oxygen atoms in total. The van der Waals surface area contributed by atoms with E-state index >= 15 is 0 Å². The minimum absolute atomic E-state index is 0.195.